The van der Waals surface area contributed by atoms with Crippen molar-refractivity contribution < 1.29 is 0 Å². The summed E-state index contributed by atoms with van der Waals surface area (Å²) < 4.78 is 0. The lowest BCUT2D eigenvalue weighted by Crippen LogP contribution is -2.54. The second-order valence-electron chi connectivity index (χ2n) is 18.9. The van der Waals surface area contributed by atoms with Gasteiger partial charge in [0, 0.05) is 178 Å². The van der Waals surface area contributed by atoms with E-state index in [4.69, 9.17) is 58.4 Å². The number of nitrogens with two attached hydrogens (primary N) is 1. The van der Waals surface area contributed by atoms with Crippen molar-refractivity contribution in [3.8, 4) is 60.7 Å². The maximum absolute atomic E-state index is 8.92. The van der Waals surface area contributed by atoms with E-state index in [2.05, 4.69) is 96.7 Å². The highest BCUT2D eigenvalue weighted by Crippen LogP contribution is 2.29. The minimum absolute atomic E-state index is 0.303. The molecule has 4 fully saturated rings. The van der Waals surface area contributed by atoms with E-state index < -0.39 is 0 Å². The zero-order valence-electron chi connectivity index (χ0n) is 51.5. The molecule has 4 aliphatic carbocycles. The van der Waals surface area contributed by atoms with Gasteiger partial charge in [0.05, 0.1) is 60.7 Å². The molecule has 0 radical (unpaired) electrons. The number of hydrogen-bond donors (Lipinski definition) is 5. The number of nitriles is 10. The Labute approximate surface area is 489 Å². The van der Waals surface area contributed by atoms with E-state index in [0.717, 1.165) is 84.2 Å². The molecule has 0 aromatic rings. The van der Waals surface area contributed by atoms with Crippen LogP contribution in [0.5, 0.6) is 0 Å². The molecule has 0 aromatic heterocycles. The molecule has 448 valence electrons. The Hall–Kier alpha value is -5.42. The van der Waals surface area contributed by atoms with Crippen LogP contribution in [0.1, 0.15) is 222 Å². The molecule has 18 heteroatoms. The lowest BCUT2D eigenvalue weighted by Gasteiger charge is -2.44. The summed E-state index contributed by atoms with van der Waals surface area (Å²) in [6, 6.07) is 24.9. The van der Waals surface area contributed by atoms with Crippen LogP contribution < -0.4 is 27.0 Å². The van der Waals surface area contributed by atoms with Gasteiger partial charge in [-0.15, -0.1) is 0 Å². The maximum Gasteiger partial charge on any atom is 0.0635 e. The third-order valence-corrected chi connectivity index (χ3v) is 14.1. The smallest absolute Gasteiger partial charge is 0.0635 e. The molecule has 4 saturated carbocycles. The van der Waals surface area contributed by atoms with E-state index in [1.165, 1.54) is 57.8 Å². The topological polar surface area (TPSA) is 322 Å². The summed E-state index contributed by atoms with van der Waals surface area (Å²) in [4.78, 5) is 6.85. The molecular formula is C62H110N18. The highest BCUT2D eigenvalue weighted by Gasteiger charge is 2.34. The van der Waals surface area contributed by atoms with E-state index in [1.54, 1.807) is 0 Å². The van der Waals surface area contributed by atoms with Crippen LogP contribution in [0.3, 0.4) is 0 Å². The highest BCUT2D eigenvalue weighted by atomic mass is 15.2. The van der Waals surface area contributed by atoms with Gasteiger partial charge in [-0.05, 0) is 51.4 Å². The third kappa shape index (κ3) is 41.6. The summed E-state index contributed by atoms with van der Waals surface area (Å²) in [6.45, 7) is 23.3. The van der Waals surface area contributed by atoms with Gasteiger partial charge in [0.25, 0.3) is 0 Å². The molecule has 8 atom stereocenters. The quantitative estimate of drug-likeness (QED) is 0.0477. The van der Waals surface area contributed by atoms with Gasteiger partial charge in [-0.25, -0.2) is 0 Å². The maximum atomic E-state index is 8.92. The molecule has 0 saturated heterocycles. The van der Waals surface area contributed by atoms with Gasteiger partial charge in [0.2, 0.25) is 0 Å². The van der Waals surface area contributed by atoms with Gasteiger partial charge < -0.3 is 27.0 Å². The van der Waals surface area contributed by atoms with Gasteiger partial charge in [0.15, 0.2) is 0 Å². The van der Waals surface area contributed by atoms with E-state index in [-0.39, 0.29) is 0 Å². The first-order chi connectivity index (χ1) is 39.3. The summed E-state index contributed by atoms with van der Waals surface area (Å²) in [6.07, 6.45) is 23.9. The van der Waals surface area contributed by atoms with Crippen molar-refractivity contribution >= 4 is 0 Å². The van der Waals surface area contributed by atoms with E-state index in [0.29, 0.717) is 139 Å². The number of nitrogens with zero attached hydrogens (tertiary/aromatic N) is 13. The van der Waals surface area contributed by atoms with Crippen molar-refractivity contribution in [1.29, 1.82) is 52.6 Å². The highest BCUT2D eigenvalue weighted by molar-refractivity contribution is 4.95. The van der Waals surface area contributed by atoms with Crippen LogP contribution in [0.4, 0.5) is 0 Å². The molecule has 18 nitrogen and oxygen atoms in total. The van der Waals surface area contributed by atoms with Crippen molar-refractivity contribution in [3.05, 3.63) is 0 Å². The van der Waals surface area contributed by atoms with E-state index in [1.807, 2.05) is 55.4 Å². The first-order valence-corrected chi connectivity index (χ1v) is 30.9. The van der Waals surface area contributed by atoms with Crippen LogP contribution in [0, 0.1) is 113 Å². The zero-order chi connectivity index (χ0) is 60.7. The Morgan fingerprint density at radius 2 is 0.500 bits per heavy atom. The molecule has 0 amide bonds. The lowest BCUT2D eigenvalue weighted by atomic mass is 9.87. The first-order valence-electron chi connectivity index (χ1n) is 30.9. The van der Waals surface area contributed by atoms with Crippen molar-refractivity contribution in [2.75, 3.05) is 65.4 Å². The first kappa shape index (κ1) is 81.1. The average Bonchev–Trinajstić information content (AvgIpc) is 3.51. The summed E-state index contributed by atoms with van der Waals surface area (Å²) in [5.74, 6) is 0. The summed E-state index contributed by atoms with van der Waals surface area (Å²) in [5, 5.41) is 101. The van der Waals surface area contributed by atoms with Crippen LogP contribution in [0.2, 0.25) is 0 Å². The minimum Gasteiger partial charge on any atom is -0.326 e. The largest absolute Gasteiger partial charge is 0.326 e. The monoisotopic (exact) mass is 1110 g/mol. The zero-order valence-corrected chi connectivity index (χ0v) is 51.5. The number of nitrogens with one attached hydrogen (secondary N) is 4. The molecule has 8 unspecified atom stereocenters. The third-order valence-electron chi connectivity index (χ3n) is 14.1. The van der Waals surface area contributed by atoms with Gasteiger partial charge >= 0.3 is 0 Å². The fraction of sp³-hybridized carbons (Fsp3) is 0.839. The standard InChI is InChI=1S/C18H26N6.C15H23N5.C12H20N4.C9H17N3.4C2H6/c19-9-3-13-23(14-4-10-20)17-7-1-2-8-18(17)24(15-5-11-21)16-6-12-22;16-8-3-11-19-14-6-1-2-7-15(14)20(12-4-9-17)13-5-10-18;13-7-3-9-15-11-5-1-2-6-12(11)16-10-4-8-14;10-6-3-7-12-9-5-2-1-4-8(9)11;4*1-2/h17-18H,1-8,13-16H2;14-15,19H,1-7,11-13H2;11-12,15-16H,1-6,9-10H2;8-9,12H,1-5,7,11H2;4*1-2H3. The molecule has 0 aliphatic heterocycles. The molecule has 4 rings (SSSR count). The molecule has 4 aliphatic rings. The molecular weight excluding hydrogens is 997 g/mol. The Morgan fingerprint density at radius 3 is 0.787 bits per heavy atom. The number of hydrogen-bond acceptors (Lipinski definition) is 18. The van der Waals surface area contributed by atoms with E-state index >= 15 is 0 Å². The second-order valence-corrected chi connectivity index (χ2v) is 18.9. The lowest BCUT2D eigenvalue weighted by molar-refractivity contribution is 0.0514. The summed E-state index contributed by atoms with van der Waals surface area (Å²) in [5.41, 5.74) is 5.92. The SMILES string of the molecule is CC.CC.CC.CC.N#CCCN(CCC#N)C1CCCCC1N(CCC#N)CCC#N.N#CCCNC1CCCCC1N.N#CCCNC1CCCCC1N(CCC#N)CCC#N.N#CCCNC1CCCCC1NCCC#N. The van der Waals surface area contributed by atoms with Gasteiger partial charge in [-0.2, -0.15) is 52.6 Å². The van der Waals surface area contributed by atoms with Gasteiger partial charge in [-0.1, -0.05) is 107 Å². The van der Waals surface area contributed by atoms with E-state index in [9.17, 15) is 0 Å². The predicted octanol–water partition coefficient (Wildman–Crippen LogP) is 10.7. The van der Waals surface area contributed by atoms with Crippen LogP contribution in [-0.2, 0) is 0 Å². The summed E-state index contributed by atoms with van der Waals surface area (Å²) >= 11 is 0. The molecule has 0 aromatic carbocycles. The Balaban J connectivity index is -0.000000471. The van der Waals surface area contributed by atoms with Crippen molar-refractivity contribution in [3.63, 3.8) is 0 Å². The van der Waals surface area contributed by atoms with Crippen molar-refractivity contribution in [2.24, 2.45) is 5.73 Å². The summed E-state index contributed by atoms with van der Waals surface area (Å²) in [7, 11) is 0. The predicted molar refractivity (Wildman–Crippen MR) is 323 cm³/mol. The normalized spacial score (nSPS) is 21.2. The van der Waals surface area contributed by atoms with Crippen molar-refractivity contribution in [1.82, 2.24) is 36.0 Å². The van der Waals surface area contributed by atoms with Crippen LogP contribution >= 0.6 is 0 Å². The van der Waals surface area contributed by atoms with Gasteiger partial charge in [0.1, 0.15) is 0 Å². The Kier molecular flexibility index (Phi) is 65.3. The fourth-order valence-electron chi connectivity index (χ4n) is 10.5. The average molecular weight is 1110 g/mol. The van der Waals surface area contributed by atoms with Crippen LogP contribution in [0.25, 0.3) is 0 Å². The van der Waals surface area contributed by atoms with Crippen LogP contribution in [0.15, 0.2) is 0 Å². The Morgan fingerprint density at radius 1 is 0.287 bits per heavy atom. The molecule has 0 bridgehead atoms. The molecule has 0 heterocycles. The fourth-order valence-corrected chi connectivity index (χ4v) is 10.5. The molecule has 6 N–H and O–H groups in total. The Bertz CT molecular complexity index is 1710. The number of rotatable bonds is 27. The van der Waals surface area contributed by atoms with Crippen LogP contribution in [-0.4, -0.2) is 128 Å². The second kappa shape index (κ2) is 64.4. The van der Waals surface area contributed by atoms with Gasteiger partial charge in [-0.3, -0.25) is 14.7 Å². The molecule has 80 heavy (non-hydrogen) atoms. The minimum atomic E-state index is 0.303. The van der Waals surface area contributed by atoms with Crippen molar-refractivity contribution in [2.45, 2.75) is 271 Å². The molecule has 0 spiro atoms.